The highest BCUT2D eigenvalue weighted by Gasteiger charge is 2.15. The molecule has 1 amide bonds. The van der Waals surface area contributed by atoms with E-state index in [1.165, 1.54) is 0 Å². The Hall–Kier alpha value is -2.33. The van der Waals surface area contributed by atoms with Gasteiger partial charge in [0.1, 0.15) is 0 Å². The van der Waals surface area contributed by atoms with Crippen LogP contribution in [-0.4, -0.2) is 17.6 Å². The summed E-state index contributed by atoms with van der Waals surface area (Å²) in [4.78, 5) is 12.1. The number of para-hydroxylation sites is 1. The first-order valence-electron chi connectivity index (χ1n) is 6.03. The molecule has 19 heavy (non-hydrogen) atoms. The van der Waals surface area contributed by atoms with Crippen LogP contribution in [0.25, 0.3) is 0 Å². The molecule has 0 unspecified atom stereocenters. The maximum absolute atomic E-state index is 12.1. The first-order valence-corrected chi connectivity index (χ1v) is 6.03. The predicted molar refractivity (Wildman–Crippen MR) is 74.6 cm³/mol. The smallest absolute Gasteiger partial charge is 0.253 e. The van der Waals surface area contributed by atoms with E-state index in [0.717, 1.165) is 5.56 Å². The van der Waals surface area contributed by atoms with Crippen LogP contribution in [0.15, 0.2) is 54.6 Å². The van der Waals surface area contributed by atoms with Gasteiger partial charge in [-0.25, -0.2) is 0 Å². The molecule has 4 heteroatoms. The minimum absolute atomic E-state index is 0.164. The first kappa shape index (κ1) is 13.1. The molecule has 0 heterocycles. The summed E-state index contributed by atoms with van der Waals surface area (Å²) in [5.41, 5.74) is 7.44. The lowest BCUT2D eigenvalue weighted by molar-refractivity contribution is 0.0917. The third-order valence-electron chi connectivity index (χ3n) is 2.90. The molecule has 4 N–H and O–H groups in total. The van der Waals surface area contributed by atoms with Crippen LogP contribution >= 0.6 is 0 Å². The number of hydrogen-bond acceptors (Lipinski definition) is 3. The zero-order valence-corrected chi connectivity index (χ0v) is 10.4. The van der Waals surface area contributed by atoms with Gasteiger partial charge in [0.15, 0.2) is 0 Å². The van der Waals surface area contributed by atoms with Gasteiger partial charge in [-0.2, -0.15) is 0 Å². The van der Waals surface area contributed by atoms with Crippen LogP contribution in [0, 0.1) is 0 Å². The van der Waals surface area contributed by atoms with Crippen molar-refractivity contribution in [2.24, 2.45) is 0 Å². The van der Waals surface area contributed by atoms with Crippen LogP contribution in [0.3, 0.4) is 0 Å². The Bertz CT molecular complexity index is 555. The Kier molecular flexibility index (Phi) is 4.15. The van der Waals surface area contributed by atoms with Crippen molar-refractivity contribution in [1.82, 2.24) is 5.32 Å². The molecule has 0 saturated heterocycles. The molecule has 0 aliphatic rings. The Morgan fingerprint density at radius 3 is 2.37 bits per heavy atom. The fraction of sp³-hybridized carbons (Fsp3) is 0.133. The number of rotatable bonds is 4. The fourth-order valence-electron chi connectivity index (χ4n) is 1.86. The van der Waals surface area contributed by atoms with Crippen LogP contribution in [0.1, 0.15) is 22.0 Å². The van der Waals surface area contributed by atoms with Crippen molar-refractivity contribution in [3.63, 3.8) is 0 Å². The van der Waals surface area contributed by atoms with Gasteiger partial charge in [0.05, 0.1) is 18.2 Å². The predicted octanol–water partition coefficient (Wildman–Crippen LogP) is 1.73. The zero-order valence-electron chi connectivity index (χ0n) is 10.4. The Labute approximate surface area is 111 Å². The number of aliphatic hydroxyl groups is 1. The van der Waals surface area contributed by atoms with Gasteiger partial charge in [0.2, 0.25) is 0 Å². The van der Waals surface area contributed by atoms with E-state index in [4.69, 9.17) is 5.73 Å². The molecule has 0 saturated carbocycles. The lowest BCUT2D eigenvalue weighted by Gasteiger charge is -2.17. The van der Waals surface area contributed by atoms with Crippen LogP contribution in [0.5, 0.6) is 0 Å². The minimum Gasteiger partial charge on any atom is -0.398 e. The SMILES string of the molecule is Nc1ccccc1C(=O)N[C@@H](CO)c1ccccc1. The second-order valence-electron chi connectivity index (χ2n) is 4.21. The van der Waals surface area contributed by atoms with Gasteiger partial charge in [-0.3, -0.25) is 4.79 Å². The number of benzene rings is 2. The molecular weight excluding hydrogens is 240 g/mol. The van der Waals surface area contributed by atoms with Gasteiger partial charge in [0.25, 0.3) is 5.91 Å². The molecule has 2 rings (SSSR count). The van der Waals surface area contributed by atoms with Crippen molar-refractivity contribution in [1.29, 1.82) is 0 Å². The standard InChI is InChI=1S/C15H16N2O2/c16-13-9-5-4-8-12(13)15(19)17-14(10-18)11-6-2-1-3-7-11/h1-9,14,18H,10,16H2,(H,17,19)/t14-/m0/s1. The summed E-state index contributed by atoms with van der Waals surface area (Å²) in [5, 5.41) is 12.2. The second-order valence-corrected chi connectivity index (χ2v) is 4.21. The molecule has 0 spiro atoms. The molecule has 4 nitrogen and oxygen atoms in total. The van der Waals surface area contributed by atoms with Crippen LogP contribution in [0.4, 0.5) is 5.69 Å². The summed E-state index contributed by atoms with van der Waals surface area (Å²) < 4.78 is 0. The maximum atomic E-state index is 12.1. The van der Waals surface area contributed by atoms with Crippen molar-refractivity contribution in [2.45, 2.75) is 6.04 Å². The van der Waals surface area contributed by atoms with Crippen molar-refractivity contribution in [3.8, 4) is 0 Å². The van der Waals surface area contributed by atoms with E-state index in [0.29, 0.717) is 11.3 Å². The fourth-order valence-corrected chi connectivity index (χ4v) is 1.86. The highest BCUT2D eigenvalue weighted by Crippen LogP contribution is 2.15. The van der Waals surface area contributed by atoms with E-state index in [1.807, 2.05) is 30.3 Å². The summed E-state index contributed by atoms with van der Waals surface area (Å²) in [6.45, 7) is -0.164. The third kappa shape index (κ3) is 3.11. The number of nitrogens with two attached hydrogens (primary N) is 1. The third-order valence-corrected chi connectivity index (χ3v) is 2.90. The molecule has 2 aromatic carbocycles. The van der Waals surface area contributed by atoms with Crippen molar-refractivity contribution in [3.05, 3.63) is 65.7 Å². The largest absolute Gasteiger partial charge is 0.398 e. The second kappa shape index (κ2) is 6.02. The average Bonchev–Trinajstić information content (AvgIpc) is 2.46. The van der Waals surface area contributed by atoms with Gasteiger partial charge < -0.3 is 16.2 Å². The molecule has 0 radical (unpaired) electrons. The first-order chi connectivity index (χ1) is 9.22. The van der Waals surface area contributed by atoms with E-state index < -0.39 is 6.04 Å². The van der Waals surface area contributed by atoms with E-state index in [-0.39, 0.29) is 12.5 Å². The number of nitrogen functional groups attached to an aromatic ring is 1. The normalized spacial score (nSPS) is 11.8. The molecule has 0 fully saturated rings. The Morgan fingerprint density at radius 2 is 1.74 bits per heavy atom. The maximum Gasteiger partial charge on any atom is 0.253 e. The van der Waals surface area contributed by atoms with E-state index in [1.54, 1.807) is 24.3 Å². The van der Waals surface area contributed by atoms with Crippen molar-refractivity contribution in [2.75, 3.05) is 12.3 Å². The van der Waals surface area contributed by atoms with Gasteiger partial charge in [-0.15, -0.1) is 0 Å². The summed E-state index contributed by atoms with van der Waals surface area (Å²) in [5.74, 6) is -0.291. The number of aliphatic hydroxyl groups excluding tert-OH is 1. The summed E-state index contributed by atoms with van der Waals surface area (Å²) >= 11 is 0. The number of carbonyl (C=O) groups excluding carboxylic acids is 1. The molecule has 0 bridgehead atoms. The monoisotopic (exact) mass is 256 g/mol. The molecule has 0 aliphatic heterocycles. The van der Waals surface area contributed by atoms with Crippen LogP contribution < -0.4 is 11.1 Å². The highest BCUT2D eigenvalue weighted by molar-refractivity contribution is 5.99. The lowest BCUT2D eigenvalue weighted by Crippen LogP contribution is -2.31. The van der Waals surface area contributed by atoms with Gasteiger partial charge in [-0.1, -0.05) is 42.5 Å². The average molecular weight is 256 g/mol. The van der Waals surface area contributed by atoms with Crippen molar-refractivity contribution >= 4 is 11.6 Å². The van der Waals surface area contributed by atoms with Gasteiger partial charge in [0, 0.05) is 5.69 Å². The van der Waals surface area contributed by atoms with E-state index in [2.05, 4.69) is 5.32 Å². The topological polar surface area (TPSA) is 75.4 Å². The Balaban J connectivity index is 2.16. The van der Waals surface area contributed by atoms with Crippen LogP contribution in [-0.2, 0) is 0 Å². The van der Waals surface area contributed by atoms with Gasteiger partial charge >= 0.3 is 0 Å². The number of hydrogen-bond donors (Lipinski definition) is 3. The van der Waals surface area contributed by atoms with Gasteiger partial charge in [-0.05, 0) is 17.7 Å². The number of amides is 1. The minimum atomic E-state index is -0.437. The highest BCUT2D eigenvalue weighted by atomic mass is 16.3. The van der Waals surface area contributed by atoms with Crippen LogP contribution in [0.2, 0.25) is 0 Å². The molecule has 98 valence electrons. The molecule has 2 aromatic rings. The number of carbonyl (C=O) groups is 1. The quantitative estimate of drug-likeness (QED) is 0.729. The lowest BCUT2D eigenvalue weighted by atomic mass is 10.1. The molecule has 1 atom stereocenters. The Morgan fingerprint density at radius 1 is 1.11 bits per heavy atom. The summed E-state index contributed by atoms with van der Waals surface area (Å²) in [7, 11) is 0. The van der Waals surface area contributed by atoms with E-state index in [9.17, 15) is 9.90 Å². The van der Waals surface area contributed by atoms with E-state index >= 15 is 0 Å². The molecular formula is C15H16N2O2. The number of nitrogens with one attached hydrogen (secondary N) is 1. The number of anilines is 1. The molecule has 0 aromatic heterocycles. The summed E-state index contributed by atoms with van der Waals surface area (Å²) in [6, 6.07) is 15.7. The molecule has 0 aliphatic carbocycles. The summed E-state index contributed by atoms with van der Waals surface area (Å²) in [6.07, 6.45) is 0. The van der Waals surface area contributed by atoms with Crippen molar-refractivity contribution < 1.29 is 9.90 Å². The zero-order chi connectivity index (χ0) is 13.7.